The van der Waals surface area contributed by atoms with E-state index in [0.717, 1.165) is 24.5 Å². The Morgan fingerprint density at radius 1 is 1.15 bits per heavy atom. The average molecular weight is 358 g/mol. The smallest absolute Gasteiger partial charge is 0.224 e. The summed E-state index contributed by atoms with van der Waals surface area (Å²) in [5.74, 6) is 0.0802. The second-order valence-electron chi connectivity index (χ2n) is 6.07. The fraction of sp³-hybridized carbons (Fsp3) is 0.350. The number of rotatable bonds is 7. The van der Waals surface area contributed by atoms with Crippen molar-refractivity contribution in [2.24, 2.45) is 0 Å². The monoisotopic (exact) mass is 358 g/mol. The fourth-order valence-electron chi connectivity index (χ4n) is 2.85. The standard InChI is InChI=1S/C20H23FN2O3/c21-16-5-3-6-17(15-16)26-12-4-9-20(24)22-18-7-1-2-8-19(18)23-10-13-25-14-11-23/h1-3,5-8,15H,4,9-14H2,(H,22,24). The number of anilines is 2. The number of ether oxygens (including phenoxy) is 2. The highest BCUT2D eigenvalue weighted by molar-refractivity contribution is 5.94. The minimum atomic E-state index is -0.333. The summed E-state index contributed by atoms with van der Waals surface area (Å²) in [5.41, 5.74) is 1.82. The second-order valence-corrected chi connectivity index (χ2v) is 6.07. The molecule has 1 amide bonds. The van der Waals surface area contributed by atoms with E-state index in [2.05, 4.69) is 10.2 Å². The van der Waals surface area contributed by atoms with Gasteiger partial charge in [0.05, 0.1) is 31.2 Å². The lowest BCUT2D eigenvalue weighted by atomic mass is 10.2. The van der Waals surface area contributed by atoms with Crippen molar-refractivity contribution in [3.05, 3.63) is 54.3 Å². The zero-order chi connectivity index (χ0) is 18.2. The first kappa shape index (κ1) is 18.2. The van der Waals surface area contributed by atoms with E-state index in [1.807, 2.05) is 24.3 Å². The summed E-state index contributed by atoms with van der Waals surface area (Å²) in [7, 11) is 0. The topological polar surface area (TPSA) is 50.8 Å². The van der Waals surface area contributed by atoms with Gasteiger partial charge in [-0.15, -0.1) is 0 Å². The number of hydrogen-bond acceptors (Lipinski definition) is 4. The fourth-order valence-corrected chi connectivity index (χ4v) is 2.85. The van der Waals surface area contributed by atoms with Gasteiger partial charge in [0.2, 0.25) is 5.91 Å². The zero-order valence-corrected chi connectivity index (χ0v) is 14.6. The lowest BCUT2D eigenvalue weighted by Gasteiger charge is -2.30. The SMILES string of the molecule is O=C(CCCOc1cccc(F)c1)Nc1ccccc1N1CCOCC1. The third kappa shape index (κ3) is 5.20. The summed E-state index contributed by atoms with van der Waals surface area (Å²) in [6.07, 6.45) is 0.898. The van der Waals surface area contributed by atoms with Crippen molar-refractivity contribution in [1.29, 1.82) is 0 Å². The Bertz CT molecular complexity index is 733. The molecule has 0 unspecified atom stereocenters. The van der Waals surface area contributed by atoms with Crippen LogP contribution in [0.4, 0.5) is 15.8 Å². The number of benzene rings is 2. The molecule has 1 aliphatic heterocycles. The molecule has 138 valence electrons. The number of para-hydroxylation sites is 2. The van der Waals surface area contributed by atoms with Crippen LogP contribution in [0.25, 0.3) is 0 Å². The number of halogens is 1. The Hall–Kier alpha value is -2.60. The third-order valence-electron chi connectivity index (χ3n) is 4.14. The molecule has 1 fully saturated rings. The molecule has 1 aliphatic rings. The van der Waals surface area contributed by atoms with Gasteiger partial charge in [0, 0.05) is 25.6 Å². The molecule has 1 saturated heterocycles. The van der Waals surface area contributed by atoms with Gasteiger partial charge in [-0.25, -0.2) is 4.39 Å². The van der Waals surface area contributed by atoms with Crippen molar-refractivity contribution in [3.63, 3.8) is 0 Å². The molecule has 2 aromatic carbocycles. The van der Waals surface area contributed by atoms with Crippen molar-refractivity contribution in [2.75, 3.05) is 43.1 Å². The zero-order valence-electron chi connectivity index (χ0n) is 14.6. The summed E-state index contributed by atoms with van der Waals surface area (Å²) in [6.45, 7) is 3.38. The van der Waals surface area contributed by atoms with Gasteiger partial charge >= 0.3 is 0 Å². The second kappa shape index (κ2) is 9.20. The van der Waals surface area contributed by atoms with Crippen molar-refractivity contribution < 1.29 is 18.7 Å². The summed E-state index contributed by atoms with van der Waals surface area (Å²) < 4.78 is 23.9. The molecule has 0 spiro atoms. The minimum Gasteiger partial charge on any atom is -0.493 e. The van der Waals surface area contributed by atoms with E-state index in [1.54, 1.807) is 12.1 Å². The Morgan fingerprint density at radius 2 is 1.96 bits per heavy atom. The molecule has 0 saturated carbocycles. The van der Waals surface area contributed by atoms with Crippen LogP contribution >= 0.6 is 0 Å². The molecule has 6 heteroatoms. The van der Waals surface area contributed by atoms with E-state index < -0.39 is 0 Å². The Kier molecular flexibility index (Phi) is 6.44. The molecule has 2 aromatic rings. The maximum Gasteiger partial charge on any atom is 0.224 e. The highest BCUT2D eigenvalue weighted by Crippen LogP contribution is 2.26. The van der Waals surface area contributed by atoms with Crippen LogP contribution in [0.5, 0.6) is 5.75 Å². The van der Waals surface area contributed by atoms with E-state index in [0.29, 0.717) is 38.4 Å². The maximum absolute atomic E-state index is 13.1. The Morgan fingerprint density at radius 3 is 2.77 bits per heavy atom. The summed E-state index contributed by atoms with van der Waals surface area (Å²) >= 11 is 0. The molecule has 0 aliphatic carbocycles. The largest absolute Gasteiger partial charge is 0.493 e. The number of amides is 1. The number of nitrogens with zero attached hydrogens (tertiary/aromatic N) is 1. The maximum atomic E-state index is 13.1. The Labute approximate surface area is 152 Å². The van der Waals surface area contributed by atoms with Crippen LogP contribution in [0.3, 0.4) is 0 Å². The van der Waals surface area contributed by atoms with Crippen LogP contribution in [-0.4, -0.2) is 38.8 Å². The van der Waals surface area contributed by atoms with Crippen molar-refractivity contribution in [2.45, 2.75) is 12.8 Å². The summed E-state index contributed by atoms with van der Waals surface area (Å²) in [4.78, 5) is 14.5. The van der Waals surface area contributed by atoms with Gasteiger partial charge in [0.15, 0.2) is 0 Å². The van der Waals surface area contributed by atoms with Crippen LogP contribution in [0, 0.1) is 5.82 Å². The van der Waals surface area contributed by atoms with Crippen LogP contribution < -0.4 is 15.0 Å². The van der Waals surface area contributed by atoms with Gasteiger partial charge in [-0.2, -0.15) is 0 Å². The lowest BCUT2D eigenvalue weighted by Crippen LogP contribution is -2.36. The van der Waals surface area contributed by atoms with Crippen LogP contribution in [0.15, 0.2) is 48.5 Å². The first-order valence-corrected chi connectivity index (χ1v) is 8.82. The van der Waals surface area contributed by atoms with Crippen LogP contribution in [0.2, 0.25) is 0 Å². The highest BCUT2D eigenvalue weighted by atomic mass is 19.1. The van der Waals surface area contributed by atoms with Crippen molar-refractivity contribution in [3.8, 4) is 5.75 Å². The van der Waals surface area contributed by atoms with E-state index >= 15 is 0 Å². The van der Waals surface area contributed by atoms with Gasteiger partial charge in [-0.1, -0.05) is 18.2 Å². The molecule has 0 bridgehead atoms. The van der Waals surface area contributed by atoms with E-state index in [-0.39, 0.29) is 11.7 Å². The van der Waals surface area contributed by atoms with Crippen LogP contribution in [0.1, 0.15) is 12.8 Å². The van der Waals surface area contributed by atoms with Gasteiger partial charge < -0.3 is 19.7 Å². The number of carbonyl (C=O) groups excluding carboxylic acids is 1. The number of morpholine rings is 1. The predicted molar refractivity (Wildman–Crippen MR) is 99.2 cm³/mol. The van der Waals surface area contributed by atoms with Crippen molar-refractivity contribution >= 4 is 17.3 Å². The number of hydrogen-bond donors (Lipinski definition) is 1. The summed E-state index contributed by atoms with van der Waals surface area (Å²) in [6, 6.07) is 13.8. The normalized spacial score (nSPS) is 14.1. The van der Waals surface area contributed by atoms with E-state index in [9.17, 15) is 9.18 Å². The highest BCUT2D eigenvalue weighted by Gasteiger charge is 2.15. The Balaban J connectivity index is 1.47. The van der Waals surface area contributed by atoms with Gasteiger partial charge in [-0.3, -0.25) is 4.79 Å². The first-order valence-electron chi connectivity index (χ1n) is 8.82. The molecular weight excluding hydrogens is 335 g/mol. The quantitative estimate of drug-likeness (QED) is 0.770. The molecule has 5 nitrogen and oxygen atoms in total. The van der Waals surface area contributed by atoms with Gasteiger partial charge in [0.25, 0.3) is 0 Å². The van der Waals surface area contributed by atoms with Gasteiger partial charge in [0.1, 0.15) is 11.6 Å². The molecule has 1 heterocycles. The molecule has 26 heavy (non-hydrogen) atoms. The molecule has 1 N–H and O–H groups in total. The molecule has 0 radical (unpaired) electrons. The van der Waals surface area contributed by atoms with Crippen molar-refractivity contribution in [1.82, 2.24) is 0 Å². The van der Waals surface area contributed by atoms with E-state index in [1.165, 1.54) is 12.1 Å². The molecular formula is C20H23FN2O3. The summed E-state index contributed by atoms with van der Waals surface area (Å²) in [5, 5.41) is 2.98. The number of nitrogens with one attached hydrogen (secondary N) is 1. The lowest BCUT2D eigenvalue weighted by molar-refractivity contribution is -0.116. The third-order valence-corrected chi connectivity index (χ3v) is 4.14. The molecule has 0 atom stereocenters. The van der Waals surface area contributed by atoms with Crippen LogP contribution in [-0.2, 0) is 9.53 Å². The predicted octanol–water partition coefficient (Wildman–Crippen LogP) is 3.46. The average Bonchev–Trinajstić information content (AvgIpc) is 2.66. The van der Waals surface area contributed by atoms with E-state index in [4.69, 9.17) is 9.47 Å². The first-order chi connectivity index (χ1) is 12.7. The molecule has 0 aromatic heterocycles. The number of carbonyl (C=O) groups is 1. The minimum absolute atomic E-state index is 0.0615. The van der Waals surface area contributed by atoms with Gasteiger partial charge in [-0.05, 0) is 30.7 Å². The molecule has 3 rings (SSSR count).